The molecule has 0 spiro atoms. The maximum absolute atomic E-state index is 13.4. The van der Waals surface area contributed by atoms with Crippen LogP contribution in [-0.4, -0.2) is 40.8 Å². The Morgan fingerprint density at radius 2 is 1.82 bits per heavy atom. The Balaban J connectivity index is 1.39. The van der Waals surface area contributed by atoms with Crippen LogP contribution in [0.15, 0.2) is 77.7 Å². The molecule has 38 heavy (non-hydrogen) atoms. The van der Waals surface area contributed by atoms with E-state index >= 15 is 0 Å². The zero-order chi connectivity index (χ0) is 25.8. The zero-order valence-electron chi connectivity index (χ0n) is 21.2. The second-order valence-electron chi connectivity index (χ2n) is 10.2. The predicted octanol–water partition coefficient (Wildman–Crippen LogP) is 5.06. The number of phenolic OH excluding ortho intramolecular Hbond substituents is 1. The van der Waals surface area contributed by atoms with Crippen LogP contribution in [0.5, 0.6) is 5.75 Å². The molecular formula is C32H28N4O2. The van der Waals surface area contributed by atoms with Crippen molar-refractivity contribution in [3.05, 3.63) is 106 Å². The molecule has 6 nitrogen and oxygen atoms in total. The van der Waals surface area contributed by atoms with Crippen molar-refractivity contribution in [1.29, 1.82) is 0 Å². The Hall–Kier alpha value is -4.42. The predicted molar refractivity (Wildman–Crippen MR) is 154 cm³/mol. The van der Waals surface area contributed by atoms with Crippen LogP contribution in [0.3, 0.4) is 0 Å². The van der Waals surface area contributed by atoms with Crippen LogP contribution in [0, 0.1) is 6.92 Å². The van der Waals surface area contributed by atoms with E-state index in [9.17, 15) is 9.90 Å². The maximum atomic E-state index is 13.4. The van der Waals surface area contributed by atoms with E-state index in [4.69, 9.17) is 4.98 Å². The molecule has 0 atom stereocenters. The topological polar surface area (TPSA) is 70.4 Å². The van der Waals surface area contributed by atoms with E-state index in [0.29, 0.717) is 0 Å². The lowest BCUT2D eigenvalue weighted by molar-refractivity contribution is 0.475. The van der Waals surface area contributed by atoms with Gasteiger partial charge in [-0.05, 0) is 89.7 Å². The van der Waals surface area contributed by atoms with Crippen LogP contribution < -0.4 is 15.8 Å². The molecule has 7 rings (SSSR count). The van der Waals surface area contributed by atoms with Gasteiger partial charge in [-0.1, -0.05) is 18.2 Å². The fraction of sp³-hybridized carbons (Fsp3) is 0.188. The lowest BCUT2D eigenvalue weighted by atomic mass is 10.0. The summed E-state index contributed by atoms with van der Waals surface area (Å²) >= 11 is 0. The Bertz CT molecular complexity index is 1830. The number of nitrogens with one attached hydrogen (secondary N) is 1. The first-order chi connectivity index (χ1) is 18.5. The molecule has 0 unspecified atom stereocenters. The Kier molecular flexibility index (Phi) is 5.30. The number of aromatic nitrogens is 2. The summed E-state index contributed by atoms with van der Waals surface area (Å²) in [5.41, 5.74) is 9.42. The first-order valence-corrected chi connectivity index (χ1v) is 13.1. The number of hydrogen-bond acceptors (Lipinski definition) is 5. The van der Waals surface area contributed by atoms with Crippen molar-refractivity contribution in [2.75, 3.05) is 31.1 Å². The minimum Gasteiger partial charge on any atom is -0.508 e. The van der Waals surface area contributed by atoms with Gasteiger partial charge in [-0.15, -0.1) is 0 Å². The highest BCUT2D eigenvalue weighted by Crippen LogP contribution is 2.36. The largest absolute Gasteiger partial charge is 0.508 e. The fourth-order valence-corrected chi connectivity index (χ4v) is 5.91. The van der Waals surface area contributed by atoms with E-state index in [1.165, 1.54) is 16.8 Å². The lowest BCUT2D eigenvalue weighted by Gasteiger charge is -2.31. The Morgan fingerprint density at radius 1 is 0.947 bits per heavy atom. The summed E-state index contributed by atoms with van der Waals surface area (Å²) in [7, 11) is 0. The molecule has 0 saturated carbocycles. The molecule has 2 N–H and O–H groups in total. The number of allylic oxidation sites excluding steroid dienone is 1. The Labute approximate surface area is 220 Å². The van der Waals surface area contributed by atoms with E-state index < -0.39 is 0 Å². The van der Waals surface area contributed by atoms with E-state index in [0.717, 1.165) is 76.8 Å². The third-order valence-corrected chi connectivity index (χ3v) is 7.82. The molecule has 1 saturated heterocycles. The summed E-state index contributed by atoms with van der Waals surface area (Å²) in [5.74, 6) is 0.275. The van der Waals surface area contributed by atoms with Gasteiger partial charge in [-0.3, -0.25) is 14.3 Å². The highest BCUT2D eigenvalue weighted by molar-refractivity contribution is 6.05. The van der Waals surface area contributed by atoms with Crippen LogP contribution in [0.2, 0.25) is 0 Å². The normalized spacial score (nSPS) is 15.2. The maximum Gasteiger partial charge on any atom is 0.255 e. The molecule has 1 fully saturated rings. The highest BCUT2D eigenvalue weighted by atomic mass is 16.3. The molecule has 2 aliphatic rings. The molecular weight excluding hydrogens is 472 g/mol. The highest BCUT2D eigenvalue weighted by Gasteiger charge is 2.18. The van der Waals surface area contributed by atoms with Crippen molar-refractivity contribution in [2.45, 2.75) is 13.3 Å². The van der Waals surface area contributed by atoms with E-state index in [2.05, 4.69) is 53.5 Å². The molecule has 2 aromatic heterocycles. The molecule has 0 bridgehead atoms. The van der Waals surface area contributed by atoms with Gasteiger partial charge in [0.05, 0.1) is 11.0 Å². The number of rotatable bonds is 3. The van der Waals surface area contributed by atoms with Crippen molar-refractivity contribution in [3.8, 4) is 11.4 Å². The zero-order valence-corrected chi connectivity index (χ0v) is 21.2. The van der Waals surface area contributed by atoms with Gasteiger partial charge in [-0.2, -0.15) is 0 Å². The lowest BCUT2D eigenvalue weighted by Crippen LogP contribution is -2.43. The number of anilines is 1. The van der Waals surface area contributed by atoms with Crippen molar-refractivity contribution in [2.24, 2.45) is 0 Å². The number of pyridine rings is 2. The standard InChI is InChI=1S/C32H28N4O2/c1-20-14-26(5-8-30(20)35-12-10-33-11-13-35)36-31(38)9-4-23-19-34-29-7-3-22(18-28(29)32(23)36)24-15-21-2-6-27(37)17-25(21)16-24/h2-9,14,16-19,33,37H,10-13,15H2,1H3. The first kappa shape index (κ1) is 22.8. The number of aryl methyl sites for hydroxylation is 1. The van der Waals surface area contributed by atoms with Crippen molar-refractivity contribution >= 4 is 39.1 Å². The molecule has 0 radical (unpaired) electrons. The van der Waals surface area contributed by atoms with Crippen molar-refractivity contribution < 1.29 is 5.11 Å². The van der Waals surface area contributed by atoms with E-state index in [1.54, 1.807) is 12.1 Å². The van der Waals surface area contributed by atoms with Crippen molar-refractivity contribution in [3.63, 3.8) is 0 Å². The molecule has 1 aliphatic heterocycles. The molecule has 1 aliphatic carbocycles. The molecule has 188 valence electrons. The van der Waals surface area contributed by atoms with Crippen LogP contribution in [0.25, 0.3) is 39.1 Å². The molecule has 6 heteroatoms. The second kappa shape index (κ2) is 8.85. The van der Waals surface area contributed by atoms with Gasteiger partial charge < -0.3 is 15.3 Å². The number of benzene rings is 3. The second-order valence-corrected chi connectivity index (χ2v) is 10.2. The third-order valence-electron chi connectivity index (χ3n) is 7.82. The molecule has 3 heterocycles. The first-order valence-electron chi connectivity index (χ1n) is 13.1. The van der Waals surface area contributed by atoms with Gasteiger partial charge in [0, 0.05) is 60.6 Å². The van der Waals surface area contributed by atoms with Crippen LogP contribution in [0.4, 0.5) is 5.69 Å². The summed E-state index contributed by atoms with van der Waals surface area (Å²) in [4.78, 5) is 20.5. The van der Waals surface area contributed by atoms with Gasteiger partial charge in [0.2, 0.25) is 0 Å². The summed E-state index contributed by atoms with van der Waals surface area (Å²) in [5, 5.41) is 15.2. The number of piperazine rings is 1. The number of fused-ring (bicyclic) bond motifs is 4. The third kappa shape index (κ3) is 3.76. The van der Waals surface area contributed by atoms with Crippen LogP contribution >= 0.6 is 0 Å². The van der Waals surface area contributed by atoms with Crippen LogP contribution in [0.1, 0.15) is 22.3 Å². The average Bonchev–Trinajstić information content (AvgIpc) is 3.36. The molecule has 0 amide bonds. The molecule has 5 aromatic rings. The van der Waals surface area contributed by atoms with Crippen LogP contribution in [-0.2, 0) is 6.42 Å². The number of aromatic hydroxyl groups is 1. The van der Waals surface area contributed by atoms with Gasteiger partial charge >= 0.3 is 0 Å². The van der Waals surface area contributed by atoms with Gasteiger partial charge in [0.25, 0.3) is 5.56 Å². The Morgan fingerprint density at radius 3 is 2.66 bits per heavy atom. The monoisotopic (exact) mass is 500 g/mol. The summed E-state index contributed by atoms with van der Waals surface area (Å²) in [6.45, 7) is 6.04. The van der Waals surface area contributed by atoms with Crippen molar-refractivity contribution in [1.82, 2.24) is 14.9 Å². The SMILES string of the molecule is Cc1cc(-n2c(=O)ccc3cnc4ccc(C5=Cc6cc(O)ccc6C5)cc4c32)ccc1N1CCNCC1. The number of phenols is 1. The summed E-state index contributed by atoms with van der Waals surface area (Å²) in [6.07, 6.45) is 4.79. The van der Waals surface area contributed by atoms with Gasteiger partial charge in [0.15, 0.2) is 0 Å². The number of nitrogens with zero attached hydrogens (tertiary/aromatic N) is 3. The van der Waals surface area contributed by atoms with E-state index in [-0.39, 0.29) is 11.3 Å². The average molecular weight is 501 g/mol. The van der Waals surface area contributed by atoms with Gasteiger partial charge in [-0.25, -0.2) is 0 Å². The molecule has 3 aromatic carbocycles. The smallest absolute Gasteiger partial charge is 0.255 e. The van der Waals surface area contributed by atoms with Gasteiger partial charge in [0.1, 0.15) is 5.75 Å². The summed E-state index contributed by atoms with van der Waals surface area (Å²) in [6, 6.07) is 21.6. The quantitative estimate of drug-likeness (QED) is 0.339. The minimum atomic E-state index is -0.0623. The summed E-state index contributed by atoms with van der Waals surface area (Å²) < 4.78 is 1.83. The van der Waals surface area contributed by atoms with E-state index in [1.807, 2.05) is 35.0 Å². The minimum absolute atomic E-state index is 0.0623. The fourth-order valence-electron chi connectivity index (χ4n) is 5.91. The number of hydrogen-bond donors (Lipinski definition) is 2.